The number of aromatic nitrogens is 4. The first-order valence-electron chi connectivity index (χ1n) is 9.20. The van der Waals surface area contributed by atoms with Crippen molar-refractivity contribution in [3.05, 3.63) is 35.4 Å². The van der Waals surface area contributed by atoms with Crippen molar-refractivity contribution in [2.24, 2.45) is 0 Å². The minimum atomic E-state index is -1.05. The van der Waals surface area contributed by atoms with Gasteiger partial charge in [0.05, 0.1) is 18.0 Å². The molecule has 1 unspecified atom stereocenters. The van der Waals surface area contributed by atoms with Gasteiger partial charge in [0.15, 0.2) is 0 Å². The summed E-state index contributed by atoms with van der Waals surface area (Å²) in [6.07, 6.45) is 4.59. The molecule has 1 aliphatic heterocycles. The van der Waals surface area contributed by atoms with Crippen molar-refractivity contribution in [3.8, 4) is 0 Å². The van der Waals surface area contributed by atoms with Gasteiger partial charge in [-0.25, -0.2) is 4.79 Å². The average Bonchev–Trinajstić information content (AvgIpc) is 3.29. The van der Waals surface area contributed by atoms with Crippen molar-refractivity contribution in [2.45, 2.75) is 39.9 Å². The summed E-state index contributed by atoms with van der Waals surface area (Å²) in [4.78, 5) is 27.9. The van der Waals surface area contributed by atoms with Gasteiger partial charge in [-0.05, 0) is 20.8 Å². The fourth-order valence-corrected chi connectivity index (χ4v) is 3.36. The molecule has 1 atom stereocenters. The van der Waals surface area contributed by atoms with Crippen LogP contribution in [0.3, 0.4) is 0 Å². The van der Waals surface area contributed by atoms with Crippen molar-refractivity contribution >= 4 is 11.9 Å². The Bertz CT molecular complexity index is 819. The van der Waals surface area contributed by atoms with E-state index in [4.69, 9.17) is 5.11 Å². The Kier molecular flexibility index (Phi) is 5.59. The molecule has 1 saturated heterocycles. The van der Waals surface area contributed by atoms with Crippen LogP contribution in [0.4, 0.5) is 0 Å². The second-order valence-corrected chi connectivity index (χ2v) is 6.86. The molecule has 9 heteroatoms. The van der Waals surface area contributed by atoms with Gasteiger partial charge in [0.2, 0.25) is 5.91 Å². The Morgan fingerprint density at radius 3 is 2.44 bits per heavy atom. The Hall–Kier alpha value is -2.68. The summed E-state index contributed by atoms with van der Waals surface area (Å²) < 4.78 is 3.41. The molecule has 9 nitrogen and oxygen atoms in total. The second-order valence-electron chi connectivity index (χ2n) is 6.86. The highest BCUT2D eigenvalue weighted by atomic mass is 16.4. The summed E-state index contributed by atoms with van der Waals surface area (Å²) in [7, 11) is 0. The predicted octanol–water partition coefficient (Wildman–Crippen LogP) is 1.01. The van der Waals surface area contributed by atoms with Crippen LogP contribution < -0.4 is 0 Å². The van der Waals surface area contributed by atoms with Crippen LogP contribution in [0.5, 0.6) is 0 Å². The van der Waals surface area contributed by atoms with Crippen LogP contribution in [0.2, 0.25) is 0 Å². The number of aromatic carboxylic acids is 1. The van der Waals surface area contributed by atoms with Crippen molar-refractivity contribution in [2.75, 3.05) is 26.2 Å². The van der Waals surface area contributed by atoms with Gasteiger partial charge >= 0.3 is 5.97 Å². The van der Waals surface area contributed by atoms with Gasteiger partial charge in [-0.2, -0.15) is 10.2 Å². The highest BCUT2D eigenvalue weighted by Crippen LogP contribution is 2.16. The first-order chi connectivity index (χ1) is 12.9. The zero-order valence-corrected chi connectivity index (χ0v) is 16.0. The third-order valence-corrected chi connectivity index (χ3v) is 5.18. The summed E-state index contributed by atoms with van der Waals surface area (Å²) in [5.41, 5.74) is 2.50. The second kappa shape index (κ2) is 7.91. The van der Waals surface area contributed by atoms with E-state index in [1.54, 1.807) is 6.92 Å². The summed E-state index contributed by atoms with van der Waals surface area (Å²) in [6.45, 7) is 10.5. The van der Waals surface area contributed by atoms with E-state index in [2.05, 4.69) is 28.9 Å². The lowest BCUT2D eigenvalue weighted by Crippen LogP contribution is -2.50. The van der Waals surface area contributed by atoms with E-state index in [1.165, 1.54) is 28.3 Å². The van der Waals surface area contributed by atoms with Gasteiger partial charge in [-0.3, -0.25) is 19.1 Å². The molecule has 1 fully saturated rings. The lowest BCUT2D eigenvalue weighted by Gasteiger charge is -2.35. The van der Waals surface area contributed by atoms with Gasteiger partial charge in [0, 0.05) is 56.7 Å². The third kappa shape index (κ3) is 4.02. The van der Waals surface area contributed by atoms with Crippen LogP contribution in [0, 0.1) is 6.92 Å². The SMILES string of the molecule is CCn1ncc(CN2CCN(C(=O)C(C)n3cc(C(=O)O)cn3)CC2)c1C. The van der Waals surface area contributed by atoms with E-state index < -0.39 is 12.0 Å². The number of hydrogen-bond donors (Lipinski definition) is 1. The number of rotatable bonds is 6. The number of carboxylic acids is 1. The molecule has 3 rings (SSSR count). The number of amides is 1. The number of piperazine rings is 1. The largest absolute Gasteiger partial charge is 0.478 e. The molecule has 146 valence electrons. The van der Waals surface area contributed by atoms with Crippen molar-refractivity contribution in [1.29, 1.82) is 0 Å². The lowest BCUT2D eigenvalue weighted by atomic mass is 10.2. The number of hydrogen-bond acceptors (Lipinski definition) is 5. The van der Waals surface area contributed by atoms with Crippen LogP contribution in [0.1, 0.15) is 41.5 Å². The maximum absolute atomic E-state index is 12.7. The molecule has 1 aliphatic rings. The molecule has 0 aromatic carbocycles. The molecule has 0 spiro atoms. The molecule has 1 N–H and O–H groups in total. The monoisotopic (exact) mass is 374 g/mol. The highest BCUT2D eigenvalue weighted by Gasteiger charge is 2.27. The topological polar surface area (TPSA) is 96.5 Å². The molecule has 1 amide bonds. The molecule has 27 heavy (non-hydrogen) atoms. The fourth-order valence-electron chi connectivity index (χ4n) is 3.36. The predicted molar refractivity (Wildman–Crippen MR) is 98.4 cm³/mol. The first kappa shape index (κ1) is 19.1. The Balaban J connectivity index is 1.55. The van der Waals surface area contributed by atoms with E-state index in [9.17, 15) is 9.59 Å². The van der Waals surface area contributed by atoms with Gasteiger partial charge in [-0.15, -0.1) is 0 Å². The molecule has 2 aromatic rings. The molecule has 0 radical (unpaired) electrons. The van der Waals surface area contributed by atoms with Crippen LogP contribution >= 0.6 is 0 Å². The van der Waals surface area contributed by atoms with Crippen molar-refractivity contribution in [1.82, 2.24) is 29.4 Å². The zero-order chi connectivity index (χ0) is 19.6. The third-order valence-electron chi connectivity index (χ3n) is 5.18. The minimum Gasteiger partial charge on any atom is -0.478 e. The molecule has 2 aromatic heterocycles. The molecular formula is C18H26N6O3. The van der Waals surface area contributed by atoms with Crippen LogP contribution in [-0.4, -0.2) is 72.5 Å². The van der Waals surface area contributed by atoms with Crippen molar-refractivity contribution in [3.63, 3.8) is 0 Å². The summed E-state index contributed by atoms with van der Waals surface area (Å²) in [6, 6.07) is -0.519. The van der Waals surface area contributed by atoms with E-state index >= 15 is 0 Å². The number of carbonyl (C=O) groups excluding carboxylic acids is 1. The number of aryl methyl sites for hydroxylation is 1. The van der Waals surface area contributed by atoms with E-state index in [1.807, 2.05) is 15.8 Å². The summed E-state index contributed by atoms with van der Waals surface area (Å²) >= 11 is 0. The Labute approximate surface area is 158 Å². The number of nitrogens with zero attached hydrogens (tertiary/aromatic N) is 6. The molecule has 0 bridgehead atoms. The zero-order valence-electron chi connectivity index (χ0n) is 16.0. The van der Waals surface area contributed by atoms with Crippen LogP contribution in [0.15, 0.2) is 18.6 Å². The molecule has 3 heterocycles. The van der Waals surface area contributed by atoms with Gasteiger partial charge in [0.1, 0.15) is 6.04 Å². The molecular weight excluding hydrogens is 348 g/mol. The molecule has 0 saturated carbocycles. The van der Waals surface area contributed by atoms with E-state index in [-0.39, 0.29) is 11.5 Å². The van der Waals surface area contributed by atoms with Crippen molar-refractivity contribution < 1.29 is 14.7 Å². The van der Waals surface area contributed by atoms with Gasteiger partial charge < -0.3 is 10.0 Å². The highest BCUT2D eigenvalue weighted by molar-refractivity contribution is 5.87. The minimum absolute atomic E-state index is 0.0373. The summed E-state index contributed by atoms with van der Waals surface area (Å²) in [5, 5.41) is 17.4. The smallest absolute Gasteiger partial charge is 0.338 e. The van der Waals surface area contributed by atoms with Crippen LogP contribution in [-0.2, 0) is 17.9 Å². The standard InChI is InChI=1S/C18H26N6O3/c1-4-23-13(2)15(9-19-23)11-21-5-7-22(8-6-21)17(25)14(3)24-12-16(10-20-24)18(26)27/h9-10,12,14H,4-8,11H2,1-3H3,(H,26,27). The van der Waals surface area contributed by atoms with Crippen LogP contribution in [0.25, 0.3) is 0 Å². The molecule has 0 aliphatic carbocycles. The van der Waals surface area contributed by atoms with E-state index in [0.29, 0.717) is 13.1 Å². The maximum atomic E-state index is 12.7. The quantitative estimate of drug-likeness (QED) is 0.811. The fraction of sp³-hybridized carbons (Fsp3) is 0.556. The van der Waals surface area contributed by atoms with Gasteiger partial charge in [-0.1, -0.05) is 0 Å². The first-order valence-corrected chi connectivity index (χ1v) is 9.20. The lowest BCUT2D eigenvalue weighted by molar-refractivity contribution is -0.136. The number of carbonyl (C=O) groups is 2. The summed E-state index contributed by atoms with van der Waals surface area (Å²) in [5.74, 6) is -1.08. The van der Waals surface area contributed by atoms with E-state index in [0.717, 1.165) is 26.2 Å². The average molecular weight is 374 g/mol. The Morgan fingerprint density at radius 1 is 1.19 bits per heavy atom. The normalized spacial score (nSPS) is 16.5. The number of carboxylic acid groups (broad SMARTS) is 1. The van der Waals surface area contributed by atoms with Gasteiger partial charge in [0.25, 0.3) is 0 Å². The maximum Gasteiger partial charge on any atom is 0.338 e. The Morgan fingerprint density at radius 2 is 1.89 bits per heavy atom.